The molecule has 7 atom stereocenters. The Hall–Kier alpha value is 0.244. The van der Waals surface area contributed by atoms with Gasteiger partial charge in [0.05, 0.1) is 0 Å². The smallest absolute Gasteiger partial charge is 0.375 e. The highest BCUT2D eigenvalue weighted by Gasteiger charge is 2.64. The van der Waals surface area contributed by atoms with Crippen molar-refractivity contribution in [1.29, 1.82) is 0 Å². The molecule has 21 nitrogen and oxygen atoms in total. The lowest BCUT2D eigenvalue weighted by atomic mass is 10.2. The fourth-order valence-corrected chi connectivity index (χ4v) is 35.2. The first-order valence-electron chi connectivity index (χ1n) is 32.2. The highest BCUT2D eigenvalue weighted by molar-refractivity contribution is 6.85. The number of nitrogens with zero attached hydrogens (tertiary/aromatic N) is 5. The fraction of sp³-hybridized carbons (Fsp3) is 1.00. The Morgan fingerprint density at radius 3 is 0.588 bits per heavy atom. The van der Waals surface area contributed by atoms with Crippen LogP contribution in [-0.2, 0) is 47.4 Å². The van der Waals surface area contributed by atoms with Gasteiger partial charge in [-0.3, -0.25) is 24.5 Å². The van der Waals surface area contributed by atoms with Crippen LogP contribution < -0.4 is 26.6 Å². The first-order valence-corrected chi connectivity index (χ1v) is 41.9. The van der Waals surface area contributed by atoms with Crippen LogP contribution in [0, 0.1) is 0 Å². The lowest BCUT2D eigenvalue weighted by Crippen LogP contribution is -2.69. The van der Waals surface area contributed by atoms with Crippen molar-refractivity contribution in [2.75, 3.05) is 177 Å². The van der Waals surface area contributed by atoms with E-state index < -0.39 is 44.0 Å². The molecule has 5 aliphatic heterocycles. The first kappa shape index (κ1) is 71.0. The molecule has 5 fully saturated rings. The molecule has 5 N–H and O–H groups in total. The number of nitrogens with one attached hydrogen (secondary N) is 5. The van der Waals surface area contributed by atoms with E-state index in [2.05, 4.69) is 134 Å². The molecule has 5 aliphatic rings. The quantitative estimate of drug-likeness (QED) is 0.0543. The molecular weight excluding hydrogens is 1110 g/mol. The molecule has 0 saturated carbocycles. The second-order valence-electron chi connectivity index (χ2n) is 22.7. The summed E-state index contributed by atoms with van der Waals surface area (Å²) in [5, 5.41) is 17.8. The van der Waals surface area contributed by atoms with Crippen LogP contribution in [0.25, 0.3) is 0 Å². The van der Waals surface area contributed by atoms with Crippen LogP contribution in [0.2, 0.25) is 30.2 Å². The molecular formula is C54H120N10O11Si5. The summed E-state index contributed by atoms with van der Waals surface area (Å²) in [4.78, 5) is 12.9. The van der Waals surface area contributed by atoms with Gasteiger partial charge in [0.25, 0.3) is 0 Å². The van der Waals surface area contributed by atoms with Crippen LogP contribution in [0.1, 0.15) is 115 Å². The average Bonchev–Trinajstić information content (AvgIpc) is 3.48. The molecule has 0 aromatic heterocycles. The van der Waals surface area contributed by atoms with Crippen LogP contribution >= 0.6 is 0 Å². The van der Waals surface area contributed by atoms with E-state index in [-0.39, 0.29) is 18.1 Å². The fourth-order valence-electron chi connectivity index (χ4n) is 12.3. The molecule has 5 rings (SSSR count). The third-order valence-electron chi connectivity index (χ3n) is 17.0. The lowest BCUT2D eigenvalue weighted by molar-refractivity contribution is 0.0275. The summed E-state index contributed by atoms with van der Waals surface area (Å²) in [5.41, 5.74) is 0. The predicted molar refractivity (Wildman–Crippen MR) is 331 cm³/mol. The monoisotopic (exact) mass is 1220 g/mol. The Balaban J connectivity index is 1.71. The Morgan fingerprint density at radius 1 is 0.263 bits per heavy atom. The van der Waals surface area contributed by atoms with E-state index in [1.165, 1.54) is 0 Å². The van der Waals surface area contributed by atoms with Crippen LogP contribution in [-0.4, -0.2) is 276 Å². The summed E-state index contributed by atoms with van der Waals surface area (Å²) in [6, 6.07) is 4.07. The summed E-state index contributed by atoms with van der Waals surface area (Å²) < 4.78 is 82.6. The van der Waals surface area contributed by atoms with Crippen molar-refractivity contribution in [2.24, 2.45) is 0 Å². The summed E-state index contributed by atoms with van der Waals surface area (Å²) in [7, 11) is -19.2. The van der Waals surface area contributed by atoms with Crippen molar-refractivity contribution in [1.82, 2.24) is 51.1 Å². The second-order valence-corrected chi connectivity index (χ2v) is 37.3. The number of hydrogen-bond acceptors (Lipinski definition) is 21. The van der Waals surface area contributed by atoms with Crippen molar-refractivity contribution in [3.05, 3.63) is 0 Å². The molecule has 0 radical (unpaired) electrons. The molecule has 0 aromatic rings. The van der Waals surface area contributed by atoms with E-state index in [0.717, 1.165) is 163 Å². The maximum absolute atomic E-state index is 8.25. The van der Waals surface area contributed by atoms with E-state index in [4.69, 9.17) is 47.4 Å². The van der Waals surface area contributed by atoms with Crippen molar-refractivity contribution < 1.29 is 47.4 Å². The minimum atomic E-state index is -4.10. The van der Waals surface area contributed by atoms with Gasteiger partial charge in [0.1, 0.15) is 0 Å². The average molecular weight is 1230 g/mol. The maximum Gasteiger partial charge on any atom is 0.493 e. The van der Waals surface area contributed by atoms with E-state index in [9.17, 15) is 0 Å². The van der Waals surface area contributed by atoms with Gasteiger partial charge in [-0.15, -0.1) is 0 Å². The first-order chi connectivity index (χ1) is 38.7. The molecule has 0 spiro atoms. The molecule has 80 heavy (non-hydrogen) atoms. The number of piperazine rings is 5. The molecule has 26 heteroatoms. The van der Waals surface area contributed by atoms with Gasteiger partial charge < -0.3 is 74.0 Å². The Kier molecular flexibility index (Phi) is 33.6. The minimum Gasteiger partial charge on any atom is -0.375 e. The molecule has 0 bridgehead atoms. The summed E-state index contributed by atoms with van der Waals surface area (Å²) in [6.07, 6.45) is 4.02. The van der Waals surface area contributed by atoms with Crippen molar-refractivity contribution in [3.8, 4) is 0 Å². The van der Waals surface area contributed by atoms with Gasteiger partial charge in [0.2, 0.25) is 0 Å². The number of hydrogen-bond donors (Lipinski definition) is 5. The summed E-state index contributed by atoms with van der Waals surface area (Å²) in [6.45, 7) is 48.4. The standard InChI is InChI=1S/C54H120N10O11Si5/c1-13-65-76(66-14-2,45-20-50(8)60-35-25-55-26-36-60)72-78(69-17-5,47-22-52(10)62-39-29-57-30-40-62)74-80(71-19-7,49-24-54(12)64-43-33-59-34-44-64)75-79(70-18-6,48-23-53(11)63-41-31-58-32-42-63)73-77(67-15-3,68-16-4)46-21-51(9)61-37-27-56-28-38-61/h50-59H,13-49H2,1-12H3. The topological polar surface area (TPSA) is 178 Å². The maximum atomic E-state index is 8.25. The highest BCUT2D eigenvalue weighted by atomic mass is 28.5. The van der Waals surface area contributed by atoms with E-state index >= 15 is 0 Å². The molecule has 5 saturated heterocycles. The van der Waals surface area contributed by atoms with E-state index in [1.54, 1.807) is 0 Å². The molecule has 5 heterocycles. The van der Waals surface area contributed by atoms with Gasteiger partial charge in [0, 0.05) is 238 Å². The third kappa shape index (κ3) is 23.1. The third-order valence-corrected chi connectivity index (χ3v) is 36.6. The lowest BCUT2D eigenvalue weighted by Gasteiger charge is -2.47. The zero-order valence-electron chi connectivity index (χ0n) is 52.8. The van der Waals surface area contributed by atoms with E-state index in [1.807, 2.05) is 0 Å². The Morgan fingerprint density at radius 2 is 0.412 bits per heavy atom. The van der Waals surface area contributed by atoms with Crippen LogP contribution in [0.15, 0.2) is 0 Å². The van der Waals surface area contributed by atoms with Crippen molar-refractivity contribution in [2.45, 2.75) is 176 Å². The van der Waals surface area contributed by atoms with Gasteiger partial charge >= 0.3 is 44.0 Å². The Labute approximate surface area is 493 Å². The van der Waals surface area contributed by atoms with Crippen LogP contribution in [0.3, 0.4) is 0 Å². The normalized spacial score (nSPS) is 23.7. The highest BCUT2D eigenvalue weighted by Crippen LogP contribution is 2.40. The summed E-state index contributed by atoms with van der Waals surface area (Å²) >= 11 is 0. The molecule has 0 aliphatic carbocycles. The minimum absolute atomic E-state index is 0.212. The van der Waals surface area contributed by atoms with Gasteiger partial charge in [-0.05, 0) is 115 Å². The van der Waals surface area contributed by atoms with Gasteiger partial charge in [0.15, 0.2) is 0 Å². The van der Waals surface area contributed by atoms with Crippen molar-refractivity contribution in [3.63, 3.8) is 0 Å². The van der Waals surface area contributed by atoms with Gasteiger partial charge in [-0.25, -0.2) is 0 Å². The van der Waals surface area contributed by atoms with Gasteiger partial charge in [-0.2, -0.15) is 0 Å². The predicted octanol–water partition coefficient (Wildman–Crippen LogP) is 4.42. The molecule has 7 unspecified atom stereocenters. The van der Waals surface area contributed by atoms with Gasteiger partial charge in [-0.1, -0.05) is 0 Å². The number of rotatable bonds is 42. The van der Waals surface area contributed by atoms with Crippen molar-refractivity contribution >= 4 is 44.0 Å². The largest absolute Gasteiger partial charge is 0.493 e. The molecule has 0 aromatic carbocycles. The summed E-state index contributed by atoms with van der Waals surface area (Å²) in [5.74, 6) is 0. The second kappa shape index (κ2) is 37.8. The zero-order valence-corrected chi connectivity index (χ0v) is 57.8. The van der Waals surface area contributed by atoms with E-state index in [0.29, 0.717) is 88.6 Å². The zero-order chi connectivity index (χ0) is 57.8. The molecule has 472 valence electrons. The van der Waals surface area contributed by atoms with Crippen LogP contribution in [0.5, 0.6) is 0 Å². The SMILES string of the molecule is CCO[Si](CCC(C)N1CCNCC1)(OCC)O[Si](CCC(C)N1CCNCC1)(OCC)O[Si](CCC(C)N1CCNCC1)(OCC)O[Si](CCC(C)N1CCNCC1)(OCC)O[Si](CCC(C)N1CCNCC1)(OCC)OCC. The van der Waals surface area contributed by atoms with Crippen LogP contribution in [0.4, 0.5) is 0 Å². The molecule has 0 amide bonds. The Bertz CT molecular complexity index is 1510.